The molecule has 0 saturated heterocycles. The minimum atomic E-state index is -0.0510. The van der Waals surface area contributed by atoms with Crippen molar-refractivity contribution >= 4 is 71.5 Å². The van der Waals surface area contributed by atoms with Crippen LogP contribution in [-0.2, 0) is 32.5 Å². The molecular weight excluding hydrogens is 1040 g/mol. The van der Waals surface area contributed by atoms with Gasteiger partial charge in [0.25, 0.3) is 0 Å². The molecule has 1 heterocycles. The standard InChI is InChI=1S/C75H91BrN2S/c1-47-30-59(77(58-24-21-54(22-25-58)75-43-48-32-49(44-75)34-50(33-48)45-75)68-46-79-69-42-64-63(41-62(68)69)73(11,12)28-29-74(64,13)14)40-60(31-47)78(67-26-20-52(37-65(67)76)51-18-16-15-17-19-51)66-27-23-55(70(2,3)4)39-61(66)53-35-56(71(5,6)7)38-57(36-53)72(8,9)10/h20-27,30-31,35-42,46,48-51H,15-19,28-29,32-34,43-45H2,1-14H3. The summed E-state index contributed by atoms with van der Waals surface area (Å²) in [7, 11) is 0. The number of thiophene rings is 1. The molecule has 79 heavy (non-hydrogen) atoms. The molecule has 6 aliphatic carbocycles. The fourth-order valence-electron chi connectivity index (χ4n) is 16.0. The number of aryl methyl sites for hydroxylation is 1. The van der Waals surface area contributed by atoms with Crippen LogP contribution in [-0.4, -0.2) is 0 Å². The summed E-state index contributed by atoms with van der Waals surface area (Å²) >= 11 is 6.25. The third-order valence-electron chi connectivity index (χ3n) is 20.5. The van der Waals surface area contributed by atoms with Gasteiger partial charge in [0.1, 0.15) is 0 Å². The van der Waals surface area contributed by atoms with Crippen molar-refractivity contribution in [1.82, 2.24) is 0 Å². The first-order valence-electron chi connectivity index (χ1n) is 30.7. The Bertz CT molecular complexity index is 3380. The van der Waals surface area contributed by atoms with Crippen molar-refractivity contribution in [3.05, 3.63) is 164 Å². The van der Waals surface area contributed by atoms with Gasteiger partial charge in [0.05, 0.1) is 17.1 Å². The third kappa shape index (κ3) is 10.3. The van der Waals surface area contributed by atoms with E-state index in [0.717, 1.165) is 33.6 Å². The highest BCUT2D eigenvalue weighted by molar-refractivity contribution is 9.10. The monoisotopic (exact) mass is 1130 g/mol. The minimum absolute atomic E-state index is 0.0328. The van der Waals surface area contributed by atoms with Crippen LogP contribution >= 0.6 is 27.3 Å². The highest BCUT2D eigenvalue weighted by Crippen LogP contribution is 2.61. The van der Waals surface area contributed by atoms with Gasteiger partial charge >= 0.3 is 0 Å². The van der Waals surface area contributed by atoms with E-state index in [9.17, 15) is 0 Å². The molecule has 0 spiro atoms. The minimum Gasteiger partial charge on any atom is -0.309 e. The Balaban J connectivity index is 1.09. The summed E-state index contributed by atoms with van der Waals surface area (Å²) in [6.45, 7) is 33.5. The number of anilines is 6. The molecule has 5 fully saturated rings. The van der Waals surface area contributed by atoms with Gasteiger partial charge in [-0.15, -0.1) is 11.3 Å². The zero-order valence-electron chi connectivity index (χ0n) is 50.7. The number of rotatable bonds is 9. The highest BCUT2D eigenvalue weighted by Gasteiger charge is 2.51. The van der Waals surface area contributed by atoms with Crippen molar-refractivity contribution in [3.8, 4) is 11.1 Å². The van der Waals surface area contributed by atoms with Crippen LogP contribution in [0.25, 0.3) is 21.2 Å². The summed E-state index contributed by atoms with van der Waals surface area (Å²) in [6.07, 6.45) is 17.4. The van der Waals surface area contributed by atoms with E-state index in [-0.39, 0.29) is 27.1 Å². The molecule has 4 bridgehead atoms. The van der Waals surface area contributed by atoms with Crippen LogP contribution < -0.4 is 9.80 Å². The summed E-state index contributed by atoms with van der Waals surface area (Å²) in [4.78, 5) is 5.24. The molecule has 0 aliphatic heterocycles. The zero-order valence-corrected chi connectivity index (χ0v) is 53.1. The van der Waals surface area contributed by atoms with Gasteiger partial charge in [-0.2, -0.15) is 0 Å². The van der Waals surface area contributed by atoms with Gasteiger partial charge < -0.3 is 9.80 Å². The first-order chi connectivity index (χ1) is 37.2. The van der Waals surface area contributed by atoms with Crippen LogP contribution in [0.5, 0.6) is 0 Å². The van der Waals surface area contributed by atoms with Gasteiger partial charge in [-0.25, -0.2) is 0 Å². The fourth-order valence-corrected chi connectivity index (χ4v) is 17.5. The van der Waals surface area contributed by atoms with Crippen LogP contribution in [0.2, 0.25) is 0 Å². The average Bonchev–Trinajstić information content (AvgIpc) is 4.05. The maximum atomic E-state index is 4.33. The van der Waals surface area contributed by atoms with E-state index in [1.54, 1.807) is 5.56 Å². The lowest BCUT2D eigenvalue weighted by molar-refractivity contribution is -0.00518. The van der Waals surface area contributed by atoms with E-state index in [2.05, 4.69) is 237 Å². The molecule has 414 valence electrons. The predicted octanol–water partition coefficient (Wildman–Crippen LogP) is 23.3. The molecule has 0 unspecified atom stereocenters. The largest absolute Gasteiger partial charge is 0.309 e. The smallest absolute Gasteiger partial charge is 0.0647 e. The maximum absolute atomic E-state index is 4.33. The number of hydrogen-bond acceptors (Lipinski definition) is 3. The Kier molecular flexibility index (Phi) is 13.7. The lowest BCUT2D eigenvalue weighted by atomic mass is 9.48. The van der Waals surface area contributed by atoms with E-state index in [4.69, 9.17) is 0 Å². The quantitative estimate of drug-likeness (QED) is 0.142. The van der Waals surface area contributed by atoms with Gasteiger partial charge in [0, 0.05) is 42.6 Å². The predicted molar refractivity (Wildman–Crippen MR) is 346 cm³/mol. The summed E-state index contributed by atoms with van der Waals surface area (Å²) in [5.41, 5.74) is 21.6. The first-order valence-corrected chi connectivity index (χ1v) is 32.4. The Morgan fingerprint density at radius 1 is 0.519 bits per heavy atom. The number of nitrogens with zero attached hydrogens (tertiary/aromatic N) is 2. The van der Waals surface area contributed by atoms with Crippen LogP contribution in [0, 0.1) is 24.7 Å². The molecule has 4 heteroatoms. The molecule has 0 amide bonds. The van der Waals surface area contributed by atoms with E-state index >= 15 is 0 Å². The maximum Gasteiger partial charge on any atom is 0.0647 e. The lowest BCUT2D eigenvalue weighted by Gasteiger charge is -2.57. The molecule has 6 aromatic carbocycles. The van der Waals surface area contributed by atoms with Gasteiger partial charge in [-0.05, 0) is 260 Å². The van der Waals surface area contributed by atoms with Crippen LogP contribution in [0.4, 0.5) is 34.1 Å². The van der Waals surface area contributed by atoms with Gasteiger partial charge in [-0.3, -0.25) is 0 Å². The third-order valence-corrected chi connectivity index (χ3v) is 22.0. The zero-order chi connectivity index (χ0) is 55.8. The second-order valence-corrected chi connectivity index (χ2v) is 32.3. The summed E-state index contributed by atoms with van der Waals surface area (Å²) in [5.74, 6) is 3.32. The summed E-state index contributed by atoms with van der Waals surface area (Å²) in [6, 6.07) is 44.9. The molecule has 5 saturated carbocycles. The number of benzene rings is 6. The van der Waals surface area contributed by atoms with Gasteiger partial charge in [0.15, 0.2) is 0 Å². The van der Waals surface area contributed by atoms with E-state index < -0.39 is 0 Å². The Morgan fingerprint density at radius 3 is 1.65 bits per heavy atom. The van der Waals surface area contributed by atoms with E-state index in [1.807, 2.05) is 11.3 Å². The Morgan fingerprint density at radius 2 is 1.08 bits per heavy atom. The van der Waals surface area contributed by atoms with E-state index in [0.29, 0.717) is 11.3 Å². The van der Waals surface area contributed by atoms with Crippen LogP contribution in [0.1, 0.15) is 224 Å². The van der Waals surface area contributed by atoms with Crippen molar-refractivity contribution in [1.29, 1.82) is 0 Å². The van der Waals surface area contributed by atoms with Gasteiger partial charge in [-0.1, -0.05) is 152 Å². The molecule has 2 nitrogen and oxygen atoms in total. The number of fused-ring (bicyclic) bond motifs is 2. The molecular formula is C75H91BrN2S. The van der Waals surface area contributed by atoms with Crippen molar-refractivity contribution in [3.63, 3.8) is 0 Å². The fraction of sp³-hybridized carbons (Fsp3) is 0.493. The number of hydrogen-bond donors (Lipinski definition) is 0. The average molecular weight is 1130 g/mol. The molecule has 7 aromatic rings. The lowest BCUT2D eigenvalue weighted by Crippen LogP contribution is -2.48. The molecule has 6 aliphatic rings. The second kappa shape index (κ2) is 19.8. The van der Waals surface area contributed by atoms with Crippen molar-refractivity contribution in [2.24, 2.45) is 17.8 Å². The van der Waals surface area contributed by atoms with E-state index in [1.165, 1.54) is 166 Å². The molecule has 13 rings (SSSR count). The van der Waals surface area contributed by atoms with Crippen molar-refractivity contribution in [2.45, 2.75) is 219 Å². The molecule has 0 N–H and O–H groups in total. The molecule has 1 aromatic heterocycles. The van der Waals surface area contributed by atoms with Crippen molar-refractivity contribution < 1.29 is 0 Å². The Labute approximate surface area is 489 Å². The Hall–Kier alpha value is -4.64. The van der Waals surface area contributed by atoms with Crippen LogP contribution in [0.15, 0.2) is 119 Å². The summed E-state index contributed by atoms with van der Waals surface area (Å²) < 4.78 is 2.52. The number of halogens is 1. The summed E-state index contributed by atoms with van der Waals surface area (Å²) in [5, 5.41) is 3.83. The first kappa shape index (κ1) is 54.9. The topological polar surface area (TPSA) is 6.48 Å². The molecule has 0 radical (unpaired) electrons. The molecule has 0 atom stereocenters. The highest BCUT2D eigenvalue weighted by atomic mass is 79.9. The van der Waals surface area contributed by atoms with Crippen LogP contribution in [0.3, 0.4) is 0 Å². The van der Waals surface area contributed by atoms with Crippen molar-refractivity contribution in [2.75, 3.05) is 9.80 Å². The SMILES string of the molecule is Cc1cc(N(c2ccc(C3CCCCC3)cc2Br)c2ccc(C(C)(C)C)cc2-c2cc(C(C)(C)C)cc(C(C)(C)C)c2)cc(N(c2ccc(C34CC5CC(CC(C5)C3)C4)cc2)c2csc3cc4c(cc23)C(C)(C)CCC4(C)C)c1. The normalized spacial score (nSPS) is 22.8. The second-order valence-electron chi connectivity index (χ2n) is 30.6. The van der Waals surface area contributed by atoms with Gasteiger partial charge in [0.2, 0.25) is 0 Å².